The van der Waals surface area contributed by atoms with Crippen LogP contribution in [-0.4, -0.2) is 23.8 Å². The molecule has 0 unspecified atom stereocenters. The third-order valence-corrected chi connectivity index (χ3v) is 3.94. The number of nitro groups is 1. The third-order valence-electron chi connectivity index (χ3n) is 3.94. The van der Waals surface area contributed by atoms with Crippen LogP contribution >= 0.6 is 0 Å². The van der Waals surface area contributed by atoms with Crippen molar-refractivity contribution in [2.45, 2.75) is 0 Å². The number of nitrogens with zero attached hydrogens (tertiary/aromatic N) is 1. The number of amides is 2. The standard InChI is InChI=1S/C21H17N3O6/c1-29-19-12-9-15(24(27)28)13-18(19)23-21(26)20(25)22-14-7-10-17(11-8-14)30-16-5-3-2-4-6-16/h2-13H,1H3,(H,22,25)(H,23,26). The molecule has 0 spiro atoms. The van der Waals surface area contributed by atoms with Crippen molar-refractivity contribution >= 4 is 28.9 Å². The monoisotopic (exact) mass is 407 g/mol. The summed E-state index contributed by atoms with van der Waals surface area (Å²) in [7, 11) is 1.34. The van der Waals surface area contributed by atoms with Gasteiger partial charge in [-0.2, -0.15) is 0 Å². The van der Waals surface area contributed by atoms with Crippen molar-refractivity contribution in [2.75, 3.05) is 17.7 Å². The molecular formula is C21H17N3O6. The first kappa shape index (κ1) is 20.3. The predicted molar refractivity (Wildman–Crippen MR) is 110 cm³/mol. The summed E-state index contributed by atoms with van der Waals surface area (Å²) >= 11 is 0. The van der Waals surface area contributed by atoms with Crippen LogP contribution in [0.4, 0.5) is 17.1 Å². The molecular weight excluding hydrogens is 390 g/mol. The van der Waals surface area contributed by atoms with E-state index in [-0.39, 0.29) is 17.1 Å². The second kappa shape index (κ2) is 9.20. The Labute approximate surface area is 171 Å². The summed E-state index contributed by atoms with van der Waals surface area (Å²) in [5.74, 6) is -0.535. The van der Waals surface area contributed by atoms with E-state index in [1.165, 1.54) is 19.2 Å². The number of methoxy groups -OCH3 is 1. The predicted octanol–water partition coefficient (Wildman–Crippen LogP) is 3.97. The average molecular weight is 407 g/mol. The second-order valence-electron chi connectivity index (χ2n) is 5.99. The second-order valence-corrected chi connectivity index (χ2v) is 5.99. The van der Waals surface area contributed by atoms with Crippen LogP contribution in [0.1, 0.15) is 0 Å². The topological polar surface area (TPSA) is 120 Å². The molecule has 30 heavy (non-hydrogen) atoms. The van der Waals surface area contributed by atoms with Gasteiger partial charge < -0.3 is 20.1 Å². The van der Waals surface area contributed by atoms with Crippen molar-refractivity contribution in [3.8, 4) is 17.2 Å². The minimum atomic E-state index is -1.00. The number of nitro benzene ring substituents is 1. The lowest BCUT2D eigenvalue weighted by Crippen LogP contribution is -2.29. The maximum atomic E-state index is 12.2. The van der Waals surface area contributed by atoms with Gasteiger partial charge in [-0.3, -0.25) is 19.7 Å². The normalized spacial score (nSPS) is 10.0. The van der Waals surface area contributed by atoms with Crippen LogP contribution in [0.3, 0.4) is 0 Å². The van der Waals surface area contributed by atoms with Gasteiger partial charge in [0, 0.05) is 17.8 Å². The number of carbonyl (C=O) groups is 2. The van der Waals surface area contributed by atoms with Crippen molar-refractivity contribution in [1.29, 1.82) is 0 Å². The first-order chi connectivity index (χ1) is 14.5. The Morgan fingerprint density at radius 1 is 0.867 bits per heavy atom. The van der Waals surface area contributed by atoms with Crippen LogP contribution in [0.15, 0.2) is 72.8 Å². The zero-order valence-electron chi connectivity index (χ0n) is 15.8. The van der Waals surface area contributed by atoms with Gasteiger partial charge in [-0.1, -0.05) is 18.2 Å². The molecule has 2 N–H and O–H groups in total. The SMILES string of the molecule is COc1ccc([N+](=O)[O-])cc1NC(=O)C(=O)Nc1ccc(Oc2ccccc2)cc1. The van der Waals surface area contributed by atoms with E-state index in [0.717, 1.165) is 6.07 Å². The summed E-state index contributed by atoms with van der Waals surface area (Å²) in [4.78, 5) is 34.7. The molecule has 0 aromatic heterocycles. The Bertz CT molecular complexity index is 1070. The number of carbonyl (C=O) groups excluding carboxylic acids is 2. The highest BCUT2D eigenvalue weighted by molar-refractivity contribution is 6.43. The largest absolute Gasteiger partial charge is 0.495 e. The van der Waals surface area contributed by atoms with Crippen molar-refractivity contribution in [2.24, 2.45) is 0 Å². The van der Waals surface area contributed by atoms with E-state index in [9.17, 15) is 19.7 Å². The molecule has 9 nitrogen and oxygen atoms in total. The Balaban J connectivity index is 1.64. The maximum Gasteiger partial charge on any atom is 0.314 e. The van der Waals surface area contributed by atoms with Crippen molar-refractivity contribution in [1.82, 2.24) is 0 Å². The lowest BCUT2D eigenvalue weighted by atomic mass is 10.2. The fourth-order valence-corrected chi connectivity index (χ4v) is 2.51. The van der Waals surface area contributed by atoms with Crippen LogP contribution in [0.5, 0.6) is 17.2 Å². The van der Waals surface area contributed by atoms with E-state index < -0.39 is 16.7 Å². The molecule has 3 rings (SSSR count). The molecule has 3 aromatic carbocycles. The molecule has 0 bridgehead atoms. The van der Waals surface area contributed by atoms with E-state index >= 15 is 0 Å². The van der Waals surface area contributed by atoms with E-state index in [1.54, 1.807) is 24.3 Å². The summed E-state index contributed by atoms with van der Waals surface area (Å²) in [6, 6.07) is 19.3. The van der Waals surface area contributed by atoms with Crippen LogP contribution in [0, 0.1) is 10.1 Å². The lowest BCUT2D eigenvalue weighted by Gasteiger charge is -2.10. The van der Waals surface area contributed by atoms with E-state index in [2.05, 4.69) is 10.6 Å². The van der Waals surface area contributed by atoms with Crippen LogP contribution in [0.2, 0.25) is 0 Å². The minimum absolute atomic E-state index is 0.0125. The van der Waals surface area contributed by atoms with Crippen molar-refractivity contribution in [3.63, 3.8) is 0 Å². The summed E-state index contributed by atoms with van der Waals surface area (Å²) in [6.07, 6.45) is 0. The summed E-state index contributed by atoms with van der Waals surface area (Å²) < 4.78 is 10.7. The number of hydrogen-bond donors (Lipinski definition) is 2. The quantitative estimate of drug-likeness (QED) is 0.362. The molecule has 0 heterocycles. The van der Waals surface area contributed by atoms with E-state index in [1.807, 2.05) is 30.3 Å². The Kier molecular flexibility index (Phi) is 6.23. The van der Waals surface area contributed by atoms with Crippen molar-refractivity contribution in [3.05, 3.63) is 82.9 Å². The molecule has 9 heteroatoms. The molecule has 3 aromatic rings. The van der Waals surface area contributed by atoms with Crippen LogP contribution in [0.25, 0.3) is 0 Å². The fraction of sp³-hybridized carbons (Fsp3) is 0.0476. The maximum absolute atomic E-state index is 12.2. The van der Waals surface area contributed by atoms with Gasteiger partial charge >= 0.3 is 11.8 Å². The van der Waals surface area contributed by atoms with Gasteiger partial charge in [0.05, 0.1) is 17.7 Å². The Hall–Kier alpha value is -4.40. The van der Waals surface area contributed by atoms with Gasteiger partial charge in [0.15, 0.2) is 0 Å². The highest BCUT2D eigenvalue weighted by Gasteiger charge is 2.18. The average Bonchev–Trinajstić information content (AvgIpc) is 2.75. The van der Waals surface area contributed by atoms with Gasteiger partial charge in [-0.15, -0.1) is 0 Å². The van der Waals surface area contributed by atoms with E-state index in [4.69, 9.17) is 9.47 Å². The molecule has 2 amide bonds. The number of hydrogen-bond acceptors (Lipinski definition) is 6. The van der Waals surface area contributed by atoms with Gasteiger partial charge in [-0.25, -0.2) is 0 Å². The molecule has 0 atom stereocenters. The van der Waals surface area contributed by atoms with Gasteiger partial charge in [0.25, 0.3) is 5.69 Å². The first-order valence-corrected chi connectivity index (χ1v) is 8.74. The number of benzene rings is 3. The molecule has 152 valence electrons. The third kappa shape index (κ3) is 5.10. The number of para-hydroxylation sites is 1. The van der Waals surface area contributed by atoms with Gasteiger partial charge in [-0.05, 0) is 42.5 Å². The number of anilines is 2. The number of nitrogens with one attached hydrogen (secondary N) is 2. The number of non-ortho nitro benzene ring substituents is 1. The fourth-order valence-electron chi connectivity index (χ4n) is 2.51. The number of rotatable bonds is 6. The van der Waals surface area contributed by atoms with Crippen LogP contribution < -0.4 is 20.1 Å². The highest BCUT2D eigenvalue weighted by Crippen LogP contribution is 2.29. The smallest absolute Gasteiger partial charge is 0.314 e. The molecule has 0 aliphatic rings. The summed E-state index contributed by atoms with van der Waals surface area (Å²) in [6.45, 7) is 0. The van der Waals surface area contributed by atoms with Gasteiger partial charge in [0.1, 0.15) is 17.2 Å². The van der Waals surface area contributed by atoms with E-state index in [0.29, 0.717) is 17.2 Å². The number of ether oxygens (including phenoxy) is 2. The molecule has 0 saturated heterocycles. The molecule has 0 saturated carbocycles. The zero-order chi connectivity index (χ0) is 21.5. The molecule has 0 aliphatic heterocycles. The molecule has 0 radical (unpaired) electrons. The minimum Gasteiger partial charge on any atom is -0.495 e. The highest BCUT2D eigenvalue weighted by atomic mass is 16.6. The summed E-state index contributed by atoms with van der Waals surface area (Å²) in [5.41, 5.74) is 0.139. The first-order valence-electron chi connectivity index (χ1n) is 8.74. The molecule has 0 fully saturated rings. The van der Waals surface area contributed by atoms with Crippen molar-refractivity contribution < 1.29 is 24.0 Å². The zero-order valence-corrected chi connectivity index (χ0v) is 15.8. The Morgan fingerprint density at radius 3 is 2.13 bits per heavy atom. The van der Waals surface area contributed by atoms with Crippen LogP contribution in [-0.2, 0) is 9.59 Å². The lowest BCUT2D eigenvalue weighted by molar-refractivity contribution is -0.384. The Morgan fingerprint density at radius 2 is 1.50 bits per heavy atom. The van der Waals surface area contributed by atoms with Gasteiger partial charge in [0.2, 0.25) is 0 Å². The summed E-state index contributed by atoms with van der Waals surface area (Å²) in [5, 5.41) is 15.7. The molecule has 0 aliphatic carbocycles.